The van der Waals surface area contributed by atoms with Crippen LogP contribution in [0.25, 0.3) is 33.2 Å². The normalized spacial score (nSPS) is 21.0. The van der Waals surface area contributed by atoms with E-state index in [1.807, 2.05) is 72.8 Å². The molecule has 2 heterocycles. The zero-order valence-electron chi connectivity index (χ0n) is 20.2. The van der Waals surface area contributed by atoms with Crippen LogP contribution in [0.15, 0.2) is 114 Å². The van der Waals surface area contributed by atoms with Crippen molar-refractivity contribution >= 4 is 43.6 Å². The lowest BCUT2D eigenvalue weighted by Gasteiger charge is -2.14. The monoisotopic (exact) mass is 553 g/mol. The lowest BCUT2D eigenvalue weighted by atomic mass is 9.89. The van der Waals surface area contributed by atoms with Crippen molar-refractivity contribution in [2.45, 2.75) is 11.3 Å². The summed E-state index contributed by atoms with van der Waals surface area (Å²) in [7, 11) is 0. The number of Topliss-reactive ketones (excluding diaryl/α,β-unsaturated/α-hetero) is 1. The molecule has 2 aliphatic carbocycles. The summed E-state index contributed by atoms with van der Waals surface area (Å²) in [5.41, 5.74) is 7.53. The first-order chi connectivity index (χ1) is 18.7. The molecule has 0 radical (unpaired) electrons. The Balaban J connectivity index is 1.41. The molecule has 4 nitrogen and oxygen atoms in total. The van der Waals surface area contributed by atoms with Crippen molar-refractivity contribution in [2.75, 3.05) is 0 Å². The highest BCUT2D eigenvalue weighted by molar-refractivity contribution is 9.10. The molecule has 4 aromatic carbocycles. The predicted molar refractivity (Wildman–Crippen MR) is 152 cm³/mol. The Morgan fingerprint density at radius 2 is 1.37 bits per heavy atom. The van der Waals surface area contributed by atoms with Gasteiger partial charge in [-0.05, 0) is 42.0 Å². The third-order valence-corrected chi connectivity index (χ3v) is 8.67. The summed E-state index contributed by atoms with van der Waals surface area (Å²) in [6.45, 7) is 0. The number of hydrogen-bond acceptors (Lipinski definition) is 4. The maximum Gasteiger partial charge on any atom is 0.167 e. The average Bonchev–Trinajstić information content (AvgIpc) is 3.59. The fourth-order valence-electron chi connectivity index (χ4n) is 6.48. The minimum absolute atomic E-state index is 0.107. The molecule has 5 heteroatoms. The van der Waals surface area contributed by atoms with E-state index in [-0.39, 0.29) is 17.6 Å². The lowest BCUT2D eigenvalue weighted by molar-refractivity contribution is 0.0958. The number of nitrogens with zero attached hydrogens (tertiary/aromatic N) is 3. The van der Waals surface area contributed by atoms with Crippen molar-refractivity contribution in [3.8, 4) is 11.3 Å². The van der Waals surface area contributed by atoms with Gasteiger partial charge in [-0.1, -0.05) is 88.7 Å². The lowest BCUT2D eigenvalue weighted by Crippen LogP contribution is -2.16. The van der Waals surface area contributed by atoms with Gasteiger partial charge in [0.2, 0.25) is 0 Å². The number of pyridine rings is 1. The van der Waals surface area contributed by atoms with Gasteiger partial charge in [0.25, 0.3) is 0 Å². The summed E-state index contributed by atoms with van der Waals surface area (Å²) in [6.07, 6.45) is 0. The van der Waals surface area contributed by atoms with E-state index in [9.17, 15) is 4.79 Å². The highest BCUT2D eigenvalue weighted by Crippen LogP contribution is 2.74. The quantitative estimate of drug-likeness (QED) is 0.213. The Kier molecular flexibility index (Phi) is 4.53. The van der Waals surface area contributed by atoms with Crippen LogP contribution in [0.5, 0.6) is 0 Å². The number of aromatic nitrogens is 3. The van der Waals surface area contributed by atoms with Crippen LogP contribution in [0, 0.1) is 5.92 Å². The van der Waals surface area contributed by atoms with E-state index in [2.05, 4.69) is 52.3 Å². The Morgan fingerprint density at radius 3 is 2.18 bits per heavy atom. The van der Waals surface area contributed by atoms with Gasteiger partial charge in [0, 0.05) is 38.5 Å². The zero-order chi connectivity index (χ0) is 25.4. The van der Waals surface area contributed by atoms with E-state index in [4.69, 9.17) is 15.0 Å². The van der Waals surface area contributed by atoms with Crippen LogP contribution in [-0.4, -0.2) is 20.7 Å². The molecule has 1 fully saturated rings. The Morgan fingerprint density at radius 1 is 0.684 bits per heavy atom. The summed E-state index contributed by atoms with van der Waals surface area (Å²) >= 11 is 3.50. The molecule has 6 aromatic rings. The number of fused-ring (bicyclic) bond motifs is 7. The highest BCUT2D eigenvalue weighted by atomic mass is 79.9. The van der Waals surface area contributed by atoms with E-state index in [0.717, 1.165) is 54.6 Å². The second kappa shape index (κ2) is 7.89. The van der Waals surface area contributed by atoms with Crippen LogP contribution in [0.2, 0.25) is 0 Å². The molecular formula is C33H20BrN3O. The first kappa shape index (κ1) is 21.8. The van der Waals surface area contributed by atoms with Crippen LogP contribution >= 0.6 is 15.9 Å². The van der Waals surface area contributed by atoms with E-state index in [0.29, 0.717) is 5.56 Å². The second-order valence-corrected chi connectivity index (χ2v) is 11.0. The molecule has 0 amide bonds. The Hall–Kier alpha value is -4.22. The third kappa shape index (κ3) is 2.91. The molecule has 0 aliphatic heterocycles. The van der Waals surface area contributed by atoms with Crippen molar-refractivity contribution in [3.05, 3.63) is 136 Å². The number of hydrogen-bond donors (Lipinski definition) is 0. The molecule has 0 bridgehead atoms. The maximum atomic E-state index is 14.3. The molecule has 0 unspecified atom stereocenters. The molecule has 1 saturated carbocycles. The molecule has 8 rings (SSSR count). The van der Waals surface area contributed by atoms with Gasteiger partial charge in [0.05, 0.1) is 33.4 Å². The Labute approximate surface area is 227 Å². The summed E-state index contributed by atoms with van der Waals surface area (Å²) in [6, 6.07) is 36.3. The van der Waals surface area contributed by atoms with Crippen molar-refractivity contribution in [1.82, 2.24) is 15.0 Å². The molecule has 3 atom stereocenters. The number of carbonyl (C=O) groups is 1. The van der Waals surface area contributed by atoms with Crippen LogP contribution in [-0.2, 0) is 5.41 Å². The second-order valence-electron chi connectivity index (χ2n) is 10.1. The standard InChI is InChI=1S/C33H20BrN3O/c34-21-16-13-20(14-17-21)31(38)29-28(27-18-15-19-7-1-4-10-24(19)35-27)33(29)23-9-3-2-8-22(23)30-32(33)37-26-12-6-5-11-25(26)36-30/h1-18,28-29H/t28-,29+,33+/m1/s1. The van der Waals surface area contributed by atoms with Crippen molar-refractivity contribution < 1.29 is 4.79 Å². The number of para-hydroxylation sites is 3. The summed E-state index contributed by atoms with van der Waals surface area (Å²) in [5.74, 6) is -0.383. The first-order valence-electron chi connectivity index (χ1n) is 12.7. The number of ketones is 1. The highest BCUT2D eigenvalue weighted by Gasteiger charge is 2.74. The van der Waals surface area contributed by atoms with Crippen molar-refractivity contribution in [2.24, 2.45) is 5.92 Å². The molecule has 0 N–H and O–H groups in total. The number of carbonyl (C=O) groups excluding carboxylic acids is 1. The smallest absolute Gasteiger partial charge is 0.167 e. The van der Waals surface area contributed by atoms with Crippen LogP contribution < -0.4 is 0 Å². The first-order valence-corrected chi connectivity index (χ1v) is 13.5. The van der Waals surface area contributed by atoms with Crippen LogP contribution in [0.3, 0.4) is 0 Å². The van der Waals surface area contributed by atoms with E-state index >= 15 is 0 Å². The minimum atomic E-state index is -0.622. The summed E-state index contributed by atoms with van der Waals surface area (Å²) in [5, 5.41) is 1.08. The van der Waals surface area contributed by atoms with Gasteiger partial charge in [0.1, 0.15) is 0 Å². The fourth-order valence-corrected chi connectivity index (χ4v) is 6.75. The fraction of sp³-hybridized carbons (Fsp3) is 0.0909. The topological polar surface area (TPSA) is 55.7 Å². The number of halogens is 1. The van der Waals surface area contributed by atoms with E-state index in [1.54, 1.807) is 0 Å². The van der Waals surface area contributed by atoms with Gasteiger partial charge < -0.3 is 0 Å². The minimum Gasteiger partial charge on any atom is -0.294 e. The van der Waals surface area contributed by atoms with E-state index in [1.165, 1.54) is 0 Å². The maximum absolute atomic E-state index is 14.3. The molecule has 1 spiro atoms. The number of rotatable bonds is 3. The molecule has 38 heavy (non-hydrogen) atoms. The zero-order valence-corrected chi connectivity index (χ0v) is 21.8. The molecule has 180 valence electrons. The summed E-state index contributed by atoms with van der Waals surface area (Å²) < 4.78 is 0.946. The van der Waals surface area contributed by atoms with Gasteiger partial charge in [-0.2, -0.15) is 0 Å². The van der Waals surface area contributed by atoms with Gasteiger partial charge in [-0.15, -0.1) is 0 Å². The Bertz CT molecular complexity index is 1930. The summed E-state index contributed by atoms with van der Waals surface area (Å²) in [4.78, 5) is 29.7. The molecular weight excluding hydrogens is 534 g/mol. The predicted octanol–water partition coefficient (Wildman–Crippen LogP) is 7.50. The van der Waals surface area contributed by atoms with E-state index < -0.39 is 5.41 Å². The van der Waals surface area contributed by atoms with Crippen molar-refractivity contribution in [1.29, 1.82) is 0 Å². The van der Waals surface area contributed by atoms with Crippen molar-refractivity contribution in [3.63, 3.8) is 0 Å². The van der Waals surface area contributed by atoms with Crippen LogP contribution in [0.1, 0.15) is 33.2 Å². The van der Waals surface area contributed by atoms with Gasteiger partial charge in [0.15, 0.2) is 5.78 Å². The third-order valence-electron chi connectivity index (χ3n) is 8.15. The molecule has 0 saturated heterocycles. The number of benzene rings is 4. The molecule has 2 aromatic heterocycles. The van der Waals surface area contributed by atoms with Crippen LogP contribution in [0.4, 0.5) is 0 Å². The SMILES string of the molecule is O=C(c1ccc(Br)cc1)[C@@H]1[C@@H](c2ccc3ccccc3n2)[C@@]12c1ccccc1-c1nc3ccccc3nc12. The molecule has 2 aliphatic rings. The average molecular weight is 554 g/mol. The van der Waals surface area contributed by atoms with Gasteiger partial charge in [-0.3, -0.25) is 9.78 Å². The van der Waals surface area contributed by atoms with Gasteiger partial charge >= 0.3 is 0 Å². The largest absolute Gasteiger partial charge is 0.294 e. The van der Waals surface area contributed by atoms with Gasteiger partial charge in [-0.25, -0.2) is 9.97 Å².